The van der Waals surface area contributed by atoms with Gasteiger partial charge >= 0.3 is 0 Å². The van der Waals surface area contributed by atoms with Gasteiger partial charge in [0.1, 0.15) is 0 Å². The summed E-state index contributed by atoms with van der Waals surface area (Å²) < 4.78 is 0. The van der Waals surface area contributed by atoms with Crippen LogP contribution in [-0.4, -0.2) is 23.5 Å². The van der Waals surface area contributed by atoms with Gasteiger partial charge in [-0.15, -0.1) is 6.58 Å². The molecular formula is C18H33N. The van der Waals surface area contributed by atoms with Crippen LogP contribution >= 0.6 is 0 Å². The Morgan fingerprint density at radius 3 is 1.89 bits per heavy atom. The fraction of sp³-hybridized carbons (Fsp3) is 0.889. The SMILES string of the molecule is C=CCC1(N2CCCCC2)CC(C)(C)CC(C)(C)C1. The van der Waals surface area contributed by atoms with E-state index in [0.717, 1.165) is 0 Å². The molecular weight excluding hydrogens is 230 g/mol. The maximum atomic E-state index is 4.06. The van der Waals surface area contributed by atoms with E-state index in [4.69, 9.17) is 0 Å². The van der Waals surface area contributed by atoms with Crippen molar-refractivity contribution in [2.75, 3.05) is 13.1 Å². The molecule has 2 rings (SSSR count). The van der Waals surface area contributed by atoms with Gasteiger partial charge in [0.25, 0.3) is 0 Å². The van der Waals surface area contributed by atoms with Gasteiger partial charge in [-0.1, -0.05) is 40.2 Å². The Labute approximate surface area is 120 Å². The van der Waals surface area contributed by atoms with E-state index in [1.54, 1.807) is 0 Å². The maximum Gasteiger partial charge on any atom is 0.0254 e. The number of likely N-dealkylation sites (tertiary alicyclic amines) is 1. The van der Waals surface area contributed by atoms with Crippen LogP contribution in [0.4, 0.5) is 0 Å². The normalized spacial score (nSPS) is 29.9. The summed E-state index contributed by atoms with van der Waals surface area (Å²) in [6, 6.07) is 0. The number of hydrogen-bond acceptors (Lipinski definition) is 1. The summed E-state index contributed by atoms with van der Waals surface area (Å²) in [6.45, 7) is 16.5. The highest BCUT2D eigenvalue weighted by Gasteiger charge is 2.49. The summed E-state index contributed by atoms with van der Waals surface area (Å²) in [5.74, 6) is 0. The molecule has 0 amide bonds. The van der Waals surface area contributed by atoms with Crippen molar-refractivity contribution in [3.05, 3.63) is 12.7 Å². The Balaban J connectivity index is 2.28. The van der Waals surface area contributed by atoms with E-state index in [1.807, 2.05) is 0 Å². The van der Waals surface area contributed by atoms with Crippen LogP contribution in [0.3, 0.4) is 0 Å². The third kappa shape index (κ3) is 3.42. The molecule has 1 aliphatic heterocycles. The Bertz CT molecular complexity index is 305. The van der Waals surface area contributed by atoms with Gasteiger partial charge in [0.05, 0.1) is 0 Å². The predicted octanol–water partition coefficient (Wildman–Crippen LogP) is 5.02. The maximum absolute atomic E-state index is 4.06. The molecule has 1 nitrogen and oxygen atoms in total. The first-order valence-corrected chi connectivity index (χ1v) is 8.15. The van der Waals surface area contributed by atoms with Crippen LogP contribution < -0.4 is 0 Å². The lowest BCUT2D eigenvalue weighted by atomic mass is 9.57. The minimum Gasteiger partial charge on any atom is -0.297 e. The zero-order chi connectivity index (χ0) is 14.1. The Morgan fingerprint density at radius 1 is 0.895 bits per heavy atom. The van der Waals surface area contributed by atoms with Crippen LogP contribution in [-0.2, 0) is 0 Å². The molecule has 2 fully saturated rings. The molecule has 0 spiro atoms. The predicted molar refractivity (Wildman–Crippen MR) is 84.4 cm³/mol. The number of nitrogens with zero attached hydrogens (tertiary/aromatic N) is 1. The van der Waals surface area contributed by atoms with Crippen LogP contribution in [0.2, 0.25) is 0 Å². The van der Waals surface area contributed by atoms with Crippen LogP contribution in [0.5, 0.6) is 0 Å². The van der Waals surface area contributed by atoms with E-state index in [9.17, 15) is 0 Å². The fourth-order valence-electron chi connectivity index (χ4n) is 5.40. The standard InChI is InChI=1S/C18H33N/c1-6-10-18(19-11-8-7-9-12-19)14-16(2,3)13-17(4,5)15-18/h6H,1,7-15H2,2-5H3. The van der Waals surface area contributed by atoms with Crippen molar-refractivity contribution in [3.63, 3.8) is 0 Å². The lowest BCUT2D eigenvalue weighted by Crippen LogP contribution is -2.58. The molecule has 0 N–H and O–H groups in total. The lowest BCUT2D eigenvalue weighted by molar-refractivity contribution is -0.0545. The molecule has 0 radical (unpaired) electrons. The molecule has 1 saturated heterocycles. The van der Waals surface area contributed by atoms with Crippen molar-refractivity contribution in [1.29, 1.82) is 0 Å². The van der Waals surface area contributed by atoms with Gasteiger partial charge in [-0.25, -0.2) is 0 Å². The Hall–Kier alpha value is -0.300. The molecule has 1 heterocycles. The van der Waals surface area contributed by atoms with Gasteiger partial charge in [-0.2, -0.15) is 0 Å². The van der Waals surface area contributed by atoms with E-state index in [0.29, 0.717) is 16.4 Å². The topological polar surface area (TPSA) is 3.24 Å². The second kappa shape index (κ2) is 5.24. The summed E-state index contributed by atoms with van der Waals surface area (Å²) in [5, 5.41) is 0. The molecule has 0 atom stereocenters. The summed E-state index contributed by atoms with van der Waals surface area (Å²) in [4.78, 5) is 2.82. The third-order valence-electron chi connectivity index (χ3n) is 5.12. The summed E-state index contributed by atoms with van der Waals surface area (Å²) in [5.41, 5.74) is 1.30. The van der Waals surface area contributed by atoms with E-state index >= 15 is 0 Å². The zero-order valence-corrected chi connectivity index (χ0v) is 13.6. The van der Waals surface area contributed by atoms with Crippen molar-refractivity contribution in [2.24, 2.45) is 10.8 Å². The Kier molecular flexibility index (Phi) is 4.16. The highest BCUT2D eigenvalue weighted by molar-refractivity contribution is 5.06. The van der Waals surface area contributed by atoms with Crippen LogP contribution in [0.25, 0.3) is 0 Å². The van der Waals surface area contributed by atoms with Gasteiger partial charge in [-0.3, -0.25) is 4.90 Å². The number of rotatable bonds is 3. The zero-order valence-electron chi connectivity index (χ0n) is 13.6. The molecule has 0 aromatic heterocycles. The summed E-state index contributed by atoms with van der Waals surface area (Å²) >= 11 is 0. The molecule has 1 aliphatic carbocycles. The second-order valence-electron chi connectivity index (χ2n) is 8.62. The first-order chi connectivity index (χ1) is 8.79. The van der Waals surface area contributed by atoms with Crippen molar-refractivity contribution in [3.8, 4) is 0 Å². The average molecular weight is 263 g/mol. The minimum absolute atomic E-state index is 0.382. The van der Waals surface area contributed by atoms with Crippen molar-refractivity contribution in [2.45, 2.75) is 78.2 Å². The highest BCUT2D eigenvalue weighted by atomic mass is 15.2. The molecule has 19 heavy (non-hydrogen) atoms. The quantitative estimate of drug-likeness (QED) is 0.646. The molecule has 0 aromatic carbocycles. The third-order valence-corrected chi connectivity index (χ3v) is 5.12. The molecule has 1 heteroatoms. The van der Waals surface area contributed by atoms with Crippen molar-refractivity contribution < 1.29 is 0 Å². The molecule has 0 aromatic rings. The highest BCUT2D eigenvalue weighted by Crippen LogP contribution is 2.53. The van der Waals surface area contributed by atoms with E-state index in [2.05, 4.69) is 45.2 Å². The first kappa shape index (κ1) is 15.1. The summed E-state index contributed by atoms with van der Waals surface area (Å²) in [6.07, 6.45) is 11.6. The fourth-order valence-corrected chi connectivity index (χ4v) is 5.40. The molecule has 0 bridgehead atoms. The molecule has 1 saturated carbocycles. The Morgan fingerprint density at radius 2 is 1.42 bits per heavy atom. The lowest BCUT2D eigenvalue weighted by Gasteiger charge is -2.57. The van der Waals surface area contributed by atoms with Gasteiger partial charge in [-0.05, 0) is 62.4 Å². The molecule has 2 aliphatic rings. The van der Waals surface area contributed by atoms with Crippen molar-refractivity contribution in [1.82, 2.24) is 4.90 Å². The smallest absolute Gasteiger partial charge is 0.0254 e. The number of piperidine rings is 1. The van der Waals surface area contributed by atoms with Crippen molar-refractivity contribution >= 4 is 0 Å². The van der Waals surface area contributed by atoms with Crippen LogP contribution in [0, 0.1) is 10.8 Å². The monoisotopic (exact) mass is 263 g/mol. The van der Waals surface area contributed by atoms with E-state index < -0.39 is 0 Å². The number of hydrogen-bond donors (Lipinski definition) is 0. The van der Waals surface area contributed by atoms with Gasteiger partial charge in [0, 0.05) is 5.54 Å². The van der Waals surface area contributed by atoms with Gasteiger partial charge in [0.15, 0.2) is 0 Å². The molecule has 110 valence electrons. The van der Waals surface area contributed by atoms with Gasteiger partial charge < -0.3 is 0 Å². The molecule has 0 unspecified atom stereocenters. The van der Waals surface area contributed by atoms with E-state index in [1.165, 1.54) is 58.0 Å². The first-order valence-electron chi connectivity index (χ1n) is 8.15. The summed E-state index contributed by atoms with van der Waals surface area (Å²) in [7, 11) is 0. The van der Waals surface area contributed by atoms with Crippen LogP contribution in [0.1, 0.15) is 72.6 Å². The van der Waals surface area contributed by atoms with Crippen LogP contribution in [0.15, 0.2) is 12.7 Å². The van der Waals surface area contributed by atoms with E-state index in [-0.39, 0.29) is 0 Å². The largest absolute Gasteiger partial charge is 0.297 e. The minimum atomic E-state index is 0.382. The average Bonchev–Trinajstić information content (AvgIpc) is 2.26. The second-order valence-corrected chi connectivity index (χ2v) is 8.62. The van der Waals surface area contributed by atoms with Gasteiger partial charge in [0.2, 0.25) is 0 Å².